The number of nitrogens with zero attached hydrogens (tertiary/aromatic N) is 2. The highest BCUT2D eigenvalue weighted by Crippen LogP contribution is 2.28. The number of pyridine rings is 1. The number of halogens is 2. The van der Waals surface area contributed by atoms with Crippen LogP contribution in [0.1, 0.15) is 17.3 Å². The van der Waals surface area contributed by atoms with Crippen LogP contribution < -0.4 is 15.4 Å². The molecule has 1 aliphatic heterocycles. The molecule has 3 rings (SSSR count). The number of hydrogen-bond acceptors (Lipinski definition) is 5. The molecule has 2 heterocycles. The molecule has 0 radical (unpaired) electrons. The quantitative estimate of drug-likeness (QED) is 0.827. The molecule has 6 nitrogen and oxygen atoms in total. The first-order valence-electron chi connectivity index (χ1n) is 8.06. The van der Waals surface area contributed by atoms with Crippen LogP contribution >= 0.6 is 24.8 Å². The summed E-state index contributed by atoms with van der Waals surface area (Å²) in [6, 6.07) is 11.5. The predicted molar refractivity (Wildman–Crippen MR) is 108 cm³/mol. The largest absolute Gasteiger partial charge is 0.495 e. The fraction of sp³-hybridized carbons (Fsp3) is 0.333. The molecule has 0 bridgehead atoms. The van der Waals surface area contributed by atoms with Crippen LogP contribution in [0.3, 0.4) is 0 Å². The molecule has 2 N–H and O–H groups in total. The number of aromatic nitrogens is 1. The van der Waals surface area contributed by atoms with Crippen molar-refractivity contribution in [1.82, 2.24) is 15.2 Å². The number of anilines is 2. The zero-order valence-electron chi connectivity index (χ0n) is 14.8. The second-order valence-electron chi connectivity index (χ2n) is 5.83. The van der Waals surface area contributed by atoms with E-state index in [2.05, 4.69) is 22.5 Å². The third-order valence-electron chi connectivity index (χ3n) is 4.05. The van der Waals surface area contributed by atoms with Crippen molar-refractivity contribution in [2.24, 2.45) is 0 Å². The zero-order chi connectivity index (χ0) is 16.9. The monoisotopic (exact) mass is 398 g/mol. The van der Waals surface area contributed by atoms with E-state index in [-0.39, 0.29) is 30.7 Å². The Kier molecular flexibility index (Phi) is 8.65. The molecule has 1 aromatic heterocycles. The van der Waals surface area contributed by atoms with E-state index in [1.165, 1.54) is 0 Å². The molecule has 1 amide bonds. The molecule has 0 saturated carbocycles. The first-order chi connectivity index (χ1) is 11.7. The van der Waals surface area contributed by atoms with Crippen LogP contribution in [-0.4, -0.2) is 48.6 Å². The van der Waals surface area contributed by atoms with Crippen molar-refractivity contribution < 1.29 is 9.53 Å². The number of rotatable bonds is 4. The average Bonchev–Trinajstić information content (AvgIpc) is 2.62. The molecule has 2 aromatic rings. The normalized spacial score (nSPS) is 16.1. The number of methoxy groups -OCH3 is 1. The Morgan fingerprint density at radius 2 is 2.04 bits per heavy atom. The first kappa shape index (κ1) is 22.0. The third kappa shape index (κ3) is 5.00. The van der Waals surface area contributed by atoms with Crippen molar-refractivity contribution in [1.29, 1.82) is 0 Å². The van der Waals surface area contributed by atoms with Gasteiger partial charge in [-0.05, 0) is 31.2 Å². The van der Waals surface area contributed by atoms with E-state index in [0.717, 1.165) is 12.2 Å². The minimum Gasteiger partial charge on any atom is -0.495 e. The van der Waals surface area contributed by atoms with Gasteiger partial charge < -0.3 is 20.3 Å². The van der Waals surface area contributed by atoms with E-state index < -0.39 is 0 Å². The van der Waals surface area contributed by atoms with Gasteiger partial charge in [-0.15, -0.1) is 24.8 Å². The molecular weight excluding hydrogens is 375 g/mol. The fourth-order valence-corrected chi connectivity index (χ4v) is 2.84. The van der Waals surface area contributed by atoms with Crippen molar-refractivity contribution in [3.05, 3.63) is 48.2 Å². The van der Waals surface area contributed by atoms with Crippen LogP contribution in [-0.2, 0) is 0 Å². The molecule has 1 unspecified atom stereocenters. The van der Waals surface area contributed by atoms with Crippen LogP contribution in [0.15, 0.2) is 42.6 Å². The maximum atomic E-state index is 12.9. The maximum absolute atomic E-state index is 12.9. The second-order valence-corrected chi connectivity index (χ2v) is 5.83. The average molecular weight is 399 g/mol. The van der Waals surface area contributed by atoms with Crippen LogP contribution in [0.5, 0.6) is 5.75 Å². The van der Waals surface area contributed by atoms with Crippen molar-refractivity contribution in [2.45, 2.75) is 13.0 Å². The molecule has 1 saturated heterocycles. The molecule has 26 heavy (non-hydrogen) atoms. The highest BCUT2D eigenvalue weighted by atomic mass is 35.5. The third-order valence-corrected chi connectivity index (χ3v) is 4.05. The summed E-state index contributed by atoms with van der Waals surface area (Å²) in [4.78, 5) is 19.1. The number of carbonyl (C=O) groups is 1. The van der Waals surface area contributed by atoms with E-state index in [9.17, 15) is 4.79 Å². The van der Waals surface area contributed by atoms with Gasteiger partial charge >= 0.3 is 0 Å². The van der Waals surface area contributed by atoms with Crippen LogP contribution in [0.2, 0.25) is 0 Å². The van der Waals surface area contributed by atoms with E-state index in [4.69, 9.17) is 4.74 Å². The van der Waals surface area contributed by atoms with Gasteiger partial charge in [-0.2, -0.15) is 0 Å². The molecule has 1 fully saturated rings. The Morgan fingerprint density at radius 3 is 2.77 bits per heavy atom. The van der Waals surface area contributed by atoms with E-state index >= 15 is 0 Å². The number of carbonyl (C=O) groups excluding carboxylic acids is 1. The number of benzene rings is 1. The zero-order valence-corrected chi connectivity index (χ0v) is 16.4. The molecule has 142 valence electrons. The van der Waals surface area contributed by atoms with E-state index in [0.29, 0.717) is 36.3 Å². The van der Waals surface area contributed by atoms with Gasteiger partial charge in [0.05, 0.1) is 18.4 Å². The Bertz CT molecular complexity index is 730. The van der Waals surface area contributed by atoms with Gasteiger partial charge in [0, 0.05) is 31.9 Å². The summed E-state index contributed by atoms with van der Waals surface area (Å²) < 4.78 is 5.35. The number of amides is 1. The number of para-hydroxylation sites is 2. The topological polar surface area (TPSA) is 66.5 Å². The van der Waals surface area contributed by atoms with Crippen molar-refractivity contribution >= 4 is 42.2 Å². The van der Waals surface area contributed by atoms with Gasteiger partial charge in [-0.1, -0.05) is 12.1 Å². The minimum atomic E-state index is -0.00570. The van der Waals surface area contributed by atoms with Crippen LogP contribution in [0, 0.1) is 0 Å². The SMILES string of the molecule is COc1ccccc1Nc1ncccc1C(=O)N1CCNC(C)C1.Cl.Cl. The highest BCUT2D eigenvalue weighted by molar-refractivity contribution is 5.99. The van der Waals surface area contributed by atoms with Gasteiger partial charge in [-0.25, -0.2) is 4.98 Å². The van der Waals surface area contributed by atoms with Crippen molar-refractivity contribution in [3.63, 3.8) is 0 Å². The number of hydrogen-bond donors (Lipinski definition) is 2. The summed E-state index contributed by atoms with van der Waals surface area (Å²) in [7, 11) is 1.62. The molecule has 1 aromatic carbocycles. The second kappa shape index (κ2) is 10.2. The fourth-order valence-electron chi connectivity index (χ4n) is 2.84. The number of ether oxygens (including phenoxy) is 1. The molecule has 1 atom stereocenters. The van der Waals surface area contributed by atoms with E-state index in [1.807, 2.05) is 29.2 Å². The lowest BCUT2D eigenvalue weighted by Crippen LogP contribution is -2.51. The molecule has 1 aliphatic rings. The van der Waals surface area contributed by atoms with E-state index in [1.54, 1.807) is 25.4 Å². The van der Waals surface area contributed by atoms with Crippen molar-refractivity contribution in [2.75, 3.05) is 32.1 Å². The maximum Gasteiger partial charge on any atom is 0.257 e. The van der Waals surface area contributed by atoms with Gasteiger partial charge in [0.15, 0.2) is 0 Å². The minimum absolute atomic E-state index is 0. The summed E-state index contributed by atoms with van der Waals surface area (Å²) in [6.45, 7) is 4.28. The number of piperazine rings is 1. The summed E-state index contributed by atoms with van der Waals surface area (Å²) in [5.41, 5.74) is 1.35. The highest BCUT2D eigenvalue weighted by Gasteiger charge is 2.24. The Hall–Kier alpha value is -2.02. The lowest BCUT2D eigenvalue weighted by molar-refractivity contribution is 0.0710. The van der Waals surface area contributed by atoms with Crippen LogP contribution in [0.25, 0.3) is 0 Å². The number of nitrogens with one attached hydrogen (secondary N) is 2. The summed E-state index contributed by atoms with van der Waals surface area (Å²) >= 11 is 0. The predicted octanol–water partition coefficient (Wildman–Crippen LogP) is 3.11. The molecule has 0 spiro atoms. The summed E-state index contributed by atoms with van der Waals surface area (Å²) in [5, 5.41) is 6.57. The lowest BCUT2D eigenvalue weighted by Gasteiger charge is -2.32. The summed E-state index contributed by atoms with van der Waals surface area (Å²) in [5.74, 6) is 1.24. The smallest absolute Gasteiger partial charge is 0.257 e. The van der Waals surface area contributed by atoms with Gasteiger partial charge in [0.25, 0.3) is 5.91 Å². The lowest BCUT2D eigenvalue weighted by atomic mass is 10.1. The van der Waals surface area contributed by atoms with Crippen LogP contribution in [0.4, 0.5) is 11.5 Å². The van der Waals surface area contributed by atoms with Gasteiger partial charge in [-0.3, -0.25) is 4.79 Å². The Morgan fingerprint density at radius 1 is 1.27 bits per heavy atom. The Balaban J connectivity index is 0.00000169. The molecule has 8 heteroatoms. The molecule has 0 aliphatic carbocycles. The van der Waals surface area contributed by atoms with Gasteiger partial charge in [0.1, 0.15) is 11.6 Å². The van der Waals surface area contributed by atoms with Gasteiger partial charge in [0.2, 0.25) is 0 Å². The summed E-state index contributed by atoms with van der Waals surface area (Å²) in [6.07, 6.45) is 1.68. The Labute approximate surface area is 166 Å². The molecular formula is C18H24Cl2N4O2. The standard InChI is InChI=1S/C18H22N4O2.2ClH/c1-13-12-22(11-10-19-13)18(23)14-6-5-9-20-17(14)21-15-7-3-4-8-16(15)24-2;;/h3-9,13,19H,10-12H2,1-2H3,(H,20,21);2*1H. The first-order valence-corrected chi connectivity index (χ1v) is 8.06. The van der Waals surface area contributed by atoms with Crippen molar-refractivity contribution in [3.8, 4) is 5.75 Å².